The van der Waals surface area contributed by atoms with Crippen molar-refractivity contribution in [1.29, 1.82) is 0 Å². The molecule has 1 rings (SSSR count). The summed E-state index contributed by atoms with van der Waals surface area (Å²) in [6.45, 7) is 1.97. The molecule has 0 aliphatic carbocycles. The zero-order chi connectivity index (χ0) is 11.4. The second-order valence-electron chi connectivity index (χ2n) is 3.23. The number of esters is 1. The largest absolute Gasteiger partial charge is 0.468 e. The Hall–Kier alpha value is -0.540. The second kappa shape index (κ2) is 5.52. The lowest BCUT2D eigenvalue weighted by atomic mass is 10.0. The first kappa shape index (κ1) is 12.5. The van der Waals surface area contributed by atoms with Crippen LogP contribution in [0.25, 0.3) is 0 Å². The smallest absolute Gasteiger partial charge is 0.319 e. The number of aryl methyl sites for hydroxylation is 1. The molecule has 0 heterocycles. The average Bonchev–Trinajstić information content (AvgIpc) is 2.22. The summed E-state index contributed by atoms with van der Waals surface area (Å²) in [7, 11) is 1.37. The molecule has 2 nitrogen and oxygen atoms in total. The van der Waals surface area contributed by atoms with Crippen LogP contribution in [-0.2, 0) is 16.0 Å². The summed E-state index contributed by atoms with van der Waals surface area (Å²) in [5, 5.41) is 0.684. The van der Waals surface area contributed by atoms with E-state index in [0.29, 0.717) is 11.4 Å². The molecule has 0 saturated heterocycles. The molecule has 0 N–H and O–H groups in total. The van der Waals surface area contributed by atoms with Gasteiger partial charge >= 0.3 is 5.97 Å². The van der Waals surface area contributed by atoms with Gasteiger partial charge in [0.05, 0.1) is 7.11 Å². The fourth-order valence-electron chi connectivity index (χ4n) is 1.32. The molecule has 0 saturated carbocycles. The normalized spacial score (nSPS) is 12.3. The van der Waals surface area contributed by atoms with Crippen LogP contribution in [0.1, 0.15) is 11.1 Å². The van der Waals surface area contributed by atoms with Gasteiger partial charge in [-0.25, -0.2) is 0 Å². The van der Waals surface area contributed by atoms with Gasteiger partial charge in [-0.1, -0.05) is 39.7 Å². The molecule has 0 aromatic heterocycles. The van der Waals surface area contributed by atoms with Crippen LogP contribution in [0.2, 0.25) is 5.02 Å². The highest BCUT2D eigenvalue weighted by molar-refractivity contribution is 9.10. The topological polar surface area (TPSA) is 26.3 Å². The van der Waals surface area contributed by atoms with Gasteiger partial charge in [-0.2, -0.15) is 0 Å². The summed E-state index contributed by atoms with van der Waals surface area (Å²) in [5.74, 6) is -0.283. The Morgan fingerprint density at radius 3 is 2.80 bits per heavy atom. The molecule has 0 aliphatic heterocycles. The van der Waals surface area contributed by atoms with Crippen LogP contribution in [0.15, 0.2) is 18.2 Å². The van der Waals surface area contributed by atoms with Crippen LogP contribution in [0, 0.1) is 6.92 Å². The molecule has 0 fully saturated rings. The summed E-state index contributed by atoms with van der Waals surface area (Å²) < 4.78 is 4.64. The van der Waals surface area contributed by atoms with E-state index in [9.17, 15) is 4.79 Å². The summed E-state index contributed by atoms with van der Waals surface area (Å²) in [5.41, 5.74) is 2.06. The van der Waals surface area contributed by atoms with Gasteiger partial charge in [0.1, 0.15) is 4.83 Å². The third-order valence-corrected chi connectivity index (χ3v) is 3.25. The predicted molar refractivity (Wildman–Crippen MR) is 64.6 cm³/mol. The van der Waals surface area contributed by atoms with E-state index in [1.165, 1.54) is 7.11 Å². The Morgan fingerprint density at radius 1 is 1.60 bits per heavy atom. The molecule has 1 aromatic carbocycles. The fourth-order valence-corrected chi connectivity index (χ4v) is 2.12. The molecule has 1 atom stereocenters. The first-order valence-electron chi connectivity index (χ1n) is 4.52. The number of rotatable bonds is 3. The Bertz CT molecular complexity index is 345. The van der Waals surface area contributed by atoms with Gasteiger partial charge in [0.2, 0.25) is 0 Å². The van der Waals surface area contributed by atoms with E-state index >= 15 is 0 Å². The van der Waals surface area contributed by atoms with Crippen molar-refractivity contribution in [2.45, 2.75) is 18.2 Å². The molecule has 15 heavy (non-hydrogen) atoms. The van der Waals surface area contributed by atoms with E-state index in [0.717, 1.165) is 11.1 Å². The zero-order valence-corrected chi connectivity index (χ0v) is 10.9. The highest BCUT2D eigenvalue weighted by Crippen LogP contribution is 2.23. The summed E-state index contributed by atoms with van der Waals surface area (Å²) in [6.07, 6.45) is 0.540. The zero-order valence-electron chi connectivity index (χ0n) is 8.59. The Balaban J connectivity index is 2.85. The number of carbonyl (C=O) groups excluding carboxylic acids is 1. The molecule has 0 aliphatic rings. The number of alkyl halides is 1. The van der Waals surface area contributed by atoms with Gasteiger partial charge in [-0.15, -0.1) is 0 Å². The van der Waals surface area contributed by atoms with E-state index in [1.54, 1.807) is 0 Å². The molecule has 1 unspecified atom stereocenters. The third kappa shape index (κ3) is 3.21. The van der Waals surface area contributed by atoms with Crippen molar-refractivity contribution < 1.29 is 9.53 Å². The number of halogens is 2. The van der Waals surface area contributed by atoms with Crippen LogP contribution in [0.3, 0.4) is 0 Å². The van der Waals surface area contributed by atoms with Crippen molar-refractivity contribution in [3.8, 4) is 0 Å². The van der Waals surface area contributed by atoms with Gasteiger partial charge in [-0.05, 0) is 30.5 Å². The van der Waals surface area contributed by atoms with E-state index in [2.05, 4.69) is 20.7 Å². The molecule has 1 aromatic rings. The lowest BCUT2D eigenvalue weighted by Gasteiger charge is -2.11. The standard InChI is InChI=1S/C11H12BrClO2/c1-7-4-3-5-10(13)8(7)6-9(12)11(14)15-2/h3-5,9H,6H2,1-2H3. The first-order valence-corrected chi connectivity index (χ1v) is 5.81. The molecule has 0 bridgehead atoms. The number of benzene rings is 1. The third-order valence-electron chi connectivity index (χ3n) is 2.19. The molecule has 0 amide bonds. The van der Waals surface area contributed by atoms with Crippen LogP contribution in [0.5, 0.6) is 0 Å². The molecule has 82 valence electrons. The Labute approximate surface area is 103 Å². The lowest BCUT2D eigenvalue weighted by molar-refractivity contribution is -0.139. The Morgan fingerprint density at radius 2 is 2.27 bits per heavy atom. The highest BCUT2D eigenvalue weighted by atomic mass is 79.9. The Kier molecular flexibility index (Phi) is 4.61. The van der Waals surface area contributed by atoms with Gasteiger partial charge in [0, 0.05) is 5.02 Å². The number of methoxy groups -OCH3 is 1. The quantitative estimate of drug-likeness (QED) is 0.632. The van der Waals surface area contributed by atoms with Crippen molar-refractivity contribution in [2.75, 3.05) is 7.11 Å². The van der Waals surface area contributed by atoms with E-state index in [4.69, 9.17) is 11.6 Å². The van der Waals surface area contributed by atoms with Crippen LogP contribution < -0.4 is 0 Å². The van der Waals surface area contributed by atoms with Crippen molar-refractivity contribution in [1.82, 2.24) is 0 Å². The minimum Gasteiger partial charge on any atom is -0.468 e. The maximum absolute atomic E-state index is 11.2. The fraction of sp³-hybridized carbons (Fsp3) is 0.364. The summed E-state index contributed by atoms with van der Waals surface area (Å²) >= 11 is 9.32. The average molecular weight is 292 g/mol. The first-order chi connectivity index (χ1) is 7.06. The molecule has 4 heteroatoms. The summed E-state index contributed by atoms with van der Waals surface area (Å²) in [6, 6.07) is 5.68. The lowest BCUT2D eigenvalue weighted by Crippen LogP contribution is -2.18. The second-order valence-corrected chi connectivity index (χ2v) is 4.74. The van der Waals surface area contributed by atoms with Gasteiger partial charge in [0.25, 0.3) is 0 Å². The number of hydrogen-bond donors (Lipinski definition) is 0. The van der Waals surface area contributed by atoms with Crippen LogP contribution in [0.4, 0.5) is 0 Å². The maximum Gasteiger partial charge on any atom is 0.319 e. The minimum atomic E-state index is -0.346. The molecular weight excluding hydrogens is 279 g/mol. The van der Waals surface area contributed by atoms with Crippen LogP contribution >= 0.6 is 27.5 Å². The van der Waals surface area contributed by atoms with Crippen molar-refractivity contribution >= 4 is 33.5 Å². The molecule has 0 spiro atoms. The van der Waals surface area contributed by atoms with E-state index in [-0.39, 0.29) is 10.8 Å². The van der Waals surface area contributed by atoms with Gasteiger partial charge in [-0.3, -0.25) is 4.79 Å². The summed E-state index contributed by atoms with van der Waals surface area (Å²) in [4.78, 5) is 10.9. The predicted octanol–water partition coefficient (Wildman–Crippen LogP) is 3.13. The highest BCUT2D eigenvalue weighted by Gasteiger charge is 2.18. The SMILES string of the molecule is COC(=O)C(Br)Cc1c(C)cccc1Cl. The monoisotopic (exact) mass is 290 g/mol. The van der Waals surface area contributed by atoms with Crippen LogP contribution in [-0.4, -0.2) is 17.9 Å². The molecular formula is C11H12BrClO2. The van der Waals surface area contributed by atoms with E-state index in [1.807, 2.05) is 25.1 Å². The van der Waals surface area contributed by atoms with Gasteiger partial charge < -0.3 is 4.74 Å². The van der Waals surface area contributed by atoms with E-state index < -0.39 is 0 Å². The minimum absolute atomic E-state index is 0.283. The maximum atomic E-state index is 11.2. The van der Waals surface area contributed by atoms with Crippen molar-refractivity contribution in [3.63, 3.8) is 0 Å². The number of carbonyl (C=O) groups is 1. The van der Waals surface area contributed by atoms with Crippen molar-refractivity contribution in [2.24, 2.45) is 0 Å². The molecule has 0 radical (unpaired) electrons. The van der Waals surface area contributed by atoms with Crippen molar-refractivity contribution in [3.05, 3.63) is 34.3 Å². The number of ether oxygens (including phenoxy) is 1. The number of hydrogen-bond acceptors (Lipinski definition) is 2. The van der Waals surface area contributed by atoms with Gasteiger partial charge in [0.15, 0.2) is 0 Å².